The molecule has 0 unspecified atom stereocenters. The van der Waals surface area contributed by atoms with Crippen LogP contribution in [0.2, 0.25) is 0 Å². The topological polar surface area (TPSA) is 43.1 Å². The normalized spacial score (nSPS) is 10.2. The quantitative estimate of drug-likeness (QED) is 0.716. The maximum Gasteiger partial charge on any atom is 0.170 e. The van der Waals surface area contributed by atoms with Gasteiger partial charge in [-0.05, 0) is 6.92 Å². The molecule has 2 rings (SSSR count). The molecule has 1 aromatic carbocycles. The molecule has 76 valence electrons. The lowest BCUT2D eigenvalue weighted by Gasteiger charge is -1.97. The molecule has 1 aromatic heterocycles. The van der Waals surface area contributed by atoms with Crippen LogP contribution >= 0.6 is 0 Å². The highest BCUT2D eigenvalue weighted by molar-refractivity contribution is 5.67. The van der Waals surface area contributed by atoms with Gasteiger partial charge in [-0.3, -0.25) is 0 Å². The molecule has 0 bridgehead atoms. The van der Waals surface area contributed by atoms with Crippen molar-refractivity contribution < 1.29 is 9.32 Å². The first-order chi connectivity index (χ1) is 7.33. The number of carbonyl (C=O) groups is 1. The molecule has 0 saturated heterocycles. The lowest BCUT2D eigenvalue weighted by Crippen LogP contribution is -1.89. The van der Waals surface area contributed by atoms with E-state index in [1.807, 2.05) is 37.3 Å². The largest absolute Gasteiger partial charge is 0.356 e. The third-order valence-electron chi connectivity index (χ3n) is 2.31. The molecule has 0 N–H and O–H groups in total. The van der Waals surface area contributed by atoms with Crippen molar-refractivity contribution in [3.8, 4) is 11.3 Å². The summed E-state index contributed by atoms with van der Waals surface area (Å²) in [5.41, 5.74) is 2.60. The first-order valence-corrected chi connectivity index (χ1v) is 4.77. The first kappa shape index (κ1) is 9.65. The summed E-state index contributed by atoms with van der Waals surface area (Å²) in [7, 11) is 0. The van der Waals surface area contributed by atoms with Gasteiger partial charge in [0.2, 0.25) is 0 Å². The van der Waals surface area contributed by atoms with Gasteiger partial charge in [0.25, 0.3) is 0 Å². The molecule has 0 fully saturated rings. The molecule has 0 radical (unpaired) electrons. The van der Waals surface area contributed by atoms with Crippen molar-refractivity contribution in [3.05, 3.63) is 41.6 Å². The molecule has 2 aromatic rings. The van der Waals surface area contributed by atoms with Gasteiger partial charge in [0.15, 0.2) is 5.76 Å². The summed E-state index contributed by atoms with van der Waals surface area (Å²) >= 11 is 0. The predicted molar refractivity (Wildman–Crippen MR) is 56.4 cm³/mol. The van der Waals surface area contributed by atoms with Crippen LogP contribution in [-0.4, -0.2) is 11.4 Å². The zero-order valence-corrected chi connectivity index (χ0v) is 8.43. The number of hydrogen-bond donors (Lipinski definition) is 0. The second-order valence-electron chi connectivity index (χ2n) is 3.31. The third kappa shape index (κ3) is 1.81. The summed E-state index contributed by atoms with van der Waals surface area (Å²) in [5.74, 6) is 0.695. The highest BCUT2D eigenvalue weighted by Gasteiger charge is 2.13. The summed E-state index contributed by atoms with van der Waals surface area (Å²) in [6.45, 7) is 1.84. The average Bonchev–Trinajstić information content (AvgIpc) is 2.63. The van der Waals surface area contributed by atoms with Crippen molar-refractivity contribution in [2.24, 2.45) is 0 Å². The van der Waals surface area contributed by atoms with Crippen LogP contribution in [0.25, 0.3) is 11.3 Å². The number of aldehydes is 1. The summed E-state index contributed by atoms with van der Waals surface area (Å²) in [4.78, 5) is 10.5. The summed E-state index contributed by atoms with van der Waals surface area (Å²) < 4.78 is 5.23. The fourth-order valence-corrected chi connectivity index (χ4v) is 1.53. The fourth-order valence-electron chi connectivity index (χ4n) is 1.53. The fraction of sp³-hybridized carbons (Fsp3) is 0.167. The number of aryl methyl sites for hydroxylation is 1. The smallest absolute Gasteiger partial charge is 0.170 e. The van der Waals surface area contributed by atoms with Gasteiger partial charge < -0.3 is 9.32 Å². The van der Waals surface area contributed by atoms with Gasteiger partial charge in [-0.2, -0.15) is 0 Å². The molecule has 0 atom stereocenters. The van der Waals surface area contributed by atoms with Crippen molar-refractivity contribution in [1.29, 1.82) is 0 Å². The zero-order valence-electron chi connectivity index (χ0n) is 8.43. The Labute approximate surface area is 87.7 Å². The number of aromatic nitrogens is 1. The number of rotatable bonds is 3. The predicted octanol–water partition coefficient (Wildman–Crippen LogP) is 2.39. The summed E-state index contributed by atoms with van der Waals surface area (Å²) in [6.07, 6.45) is 1.21. The minimum Gasteiger partial charge on any atom is -0.356 e. The first-order valence-electron chi connectivity index (χ1n) is 4.77. The van der Waals surface area contributed by atoms with Gasteiger partial charge in [0.1, 0.15) is 6.29 Å². The van der Waals surface area contributed by atoms with Gasteiger partial charge in [-0.1, -0.05) is 35.5 Å². The van der Waals surface area contributed by atoms with Crippen molar-refractivity contribution in [2.75, 3.05) is 0 Å². The van der Waals surface area contributed by atoms with Crippen LogP contribution in [-0.2, 0) is 11.2 Å². The van der Waals surface area contributed by atoms with E-state index in [1.54, 1.807) is 0 Å². The van der Waals surface area contributed by atoms with Crippen LogP contribution in [0.3, 0.4) is 0 Å². The number of carbonyl (C=O) groups excluding carboxylic acids is 1. The van der Waals surface area contributed by atoms with Crippen molar-refractivity contribution >= 4 is 6.29 Å². The molecule has 0 aliphatic heterocycles. The minimum atomic E-state index is 0.347. The summed E-state index contributed by atoms with van der Waals surface area (Å²) in [6, 6.07) is 9.67. The van der Waals surface area contributed by atoms with E-state index in [9.17, 15) is 4.79 Å². The highest BCUT2D eigenvalue weighted by Crippen LogP contribution is 2.25. The number of benzene rings is 1. The van der Waals surface area contributed by atoms with E-state index in [2.05, 4.69) is 5.16 Å². The zero-order chi connectivity index (χ0) is 10.7. The lowest BCUT2D eigenvalue weighted by molar-refractivity contribution is -0.107. The van der Waals surface area contributed by atoms with E-state index in [1.165, 1.54) is 0 Å². The van der Waals surface area contributed by atoms with Gasteiger partial charge in [0.05, 0.1) is 5.69 Å². The Balaban J connectivity index is 2.49. The van der Waals surface area contributed by atoms with E-state index in [0.717, 1.165) is 23.1 Å². The van der Waals surface area contributed by atoms with E-state index in [-0.39, 0.29) is 0 Å². The van der Waals surface area contributed by atoms with E-state index < -0.39 is 0 Å². The molecule has 0 amide bonds. The molecule has 3 nitrogen and oxygen atoms in total. The monoisotopic (exact) mass is 201 g/mol. The maximum atomic E-state index is 10.5. The maximum absolute atomic E-state index is 10.5. The molecule has 0 aliphatic rings. The van der Waals surface area contributed by atoms with Crippen molar-refractivity contribution in [2.45, 2.75) is 13.3 Å². The lowest BCUT2D eigenvalue weighted by atomic mass is 10.1. The minimum absolute atomic E-state index is 0.347. The Morgan fingerprint density at radius 2 is 2.07 bits per heavy atom. The van der Waals surface area contributed by atoms with Gasteiger partial charge >= 0.3 is 0 Å². The second-order valence-corrected chi connectivity index (χ2v) is 3.31. The second kappa shape index (κ2) is 4.09. The van der Waals surface area contributed by atoms with Crippen LogP contribution < -0.4 is 0 Å². The Bertz CT molecular complexity index is 460. The Hall–Kier alpha value is -1.90. The van der Waals surface area contributed by atoms with Crippen LogP contribution in [0.1, 0.15) is 11.3 Å². The summed E-state index contributed by atoms with van der Waals surface area (Å²) in [5, 5.41) is 3.88. The van der Waals surface area contributed by atoms with Crippen LogP contribution in [0.5, 0.6) is 0 Å². The Kier molecular flexibility index (Phi) is 2.63. The van der Waals surface area contributed by atoms with Gasteiger partial charge in [-0.25, -0.2) is 0 Å². The van der Waals surface area contributed by atoms with Gasteiger partial charge in [0, 0.05) is 17.5 Å². The molecular formula is C12H11NO2. The van der Waals surface area contributed by atoms with Crippen molar-refractivity contribution in [1.82, 2.24) is 5.16 Å². The Morgan fingerprint density at radius 1 is 1.33 bits per heavy atom. The number of hydrogen-bond acceptors (Lipinski definition) is 3. The van der Waals surface area contributed by atoms with Crippen molar-refractivity contribution in [3.63, 3.8) is 0 Å². The van der Waals surface area contributed by atoms with E-state index >= 15 is 0 Å². The molecular weight excluding hydrogens is 190 g/mol. The highest BCUT2D eigenvalue weighted by atomic mass is 16.5. The van der Waals surface area contributed by atoms with E-state index in [4.69, 9.17) is 4.52 Å². The molecule has 3 heteroatoms. The molecule has 0 aliphatic carbocycles. The third-order valence-corrected chi connectivity index (χ3v) is 2.31. The SMILES string of the molecule is Cc1noc(-c2ccccc2)c1CC=O. The number of nitrogens with zero attached hydrogens (tertiary/aromatic N) is 1. The molecule has 1 heterocycles. The van der Waals surface area contributed by atoms with E-state index in [0.29, 0.717) is 12.2 Å². The molecule has 0 saturated carbocycles. The van der Waals surface area contributed by atoms with Crippen LogP contribution in [0, 0.1) is 6.92 Å². The molecule has 0 spiro atoms. The van der Waals surface area contributed by atoms with Crippen LogP contribution in [0.4, 0.5) is 0 Å². The Morgan fingerprint density at radius 3 is 2.73 bits per heavy atom. The average molecular weight is 201 g/mol. The standard InChI is InChI=1S/C12H11NO2/c1-9-11(7-8-14)12(15-13-9)10-5-3-2-4-6-10/h2-6,8H,7H2,1H3. The molecule has 15 heavy (non-hydrogen) atoms. The van der Waals surface area contributed by atoms with Crippen LogP contribution in [0.15, 0.2) is 34.9 Å². The van der Waals surface area contributed by atoms with Gasteiger partial charge in [-0.15, -0.1) is 0 Å².